The van der Waals surface area contributed by atoms with Crippen LogP contribution in [0.3, 0.4) is 0 Å². The summed E-state index contributed by atoms with van der Waals surface area (Å²) in [6.07, 6.45) is 1.14. The third-order valence-electron chi connectivity index (χ3n) is 4.18. The lowest BCUT2D eigenvalue weighted by Crippen LogP contribution is -2.48. The van der Waals surface area contributed by atoms with Gasteiger partial charge in [-0.3, -0.25) is 4.90 Å². The van der Waals surface area contributed by atoms with Crippen LogP contribution in [0.5, 0.6) is 5.75 Å². The molecule has 1 aliphatic heterocycles. The number of rotatable bonds is 7. The third-order valence-corrected chi connectivity index (χ3v) is 4.18. The van der Waals surface area contributed by atoms with E-state index in [0.717, 1.165) is 38.5 Å². The van der Waals surface area contributed by atoms with Crippen molar-refractivity contribution >= 4 is 0 Å². The summed E-state index contributed by atoms with van der Waals surface area (Å²) in [5.41, 5.74) is 1.31. The second-order valence-corrected chi connectivity index (χ2v) is 5.48. The SMILES string of the molecule is CCOc1ccc(C(CN2CCOCC2CC)NC)cc1. The highest BCUT2D eigenvalue weighted by Crippen LogP contribution is 2.21. The van der Waals surface area contributed by atoms with Gasteiger partial charge in [-0.15, -0.1) is 0 Å². The van der Waals surface area contributed by atoms with Crippen LogP contribution in [-0.2, 0) is 4.74 Å². The Balaban J connectivity index is 2.01. The van der Waals surface area contributed by atoms with Gasteiger partial charge < -0.3 is 14.8 Å². The molecule has 0 bridgehead atoms. The Hall–Kier alpha value is -1.10. The van der Waals surface area contributed by atoms with Crippen LogP contribution in [0.25, 0.3) is 0 Å². The van der Waals surface area contributed by atoms with E-state index in [9.17, 15) is 0 Å². The molecule has 4 heteroatoms. The van der Waals surface area contributed by atoms with Crippen LogP contribution in [0.4, 0.5) is 0 Å². The van der Waals surface area contributed by atoms with Crippen molar-refractivity contribution in [3.63, 3.8) is 0 Å². The summed E-state index contributed by atoms with van der Waals surface area (Å²) in [5.74, 6) is 0.939. The summed E-state index contributed by atoms with van der Waals surface area (Å²) in [6, 6.07) is 9.31. The molecule has 0 radical (unpaired) electrons. The first-order valence-corrected chi connectivity index (χ1v) is 8.00. The lowest BCUT2D eigenvalue weighted by atomic mass is 10.0. The van der Waals surface area contributed by atoms with Crippen molar-refractivity contribution in [2.75, 3.05) is 40.0 Å². The largest absolute Gasteiger partial charge is 0.494 e. The maximum absolute atomic E-state index is 5.59. The lowest BCUT2D eigenvalue weighted by Gasteiger charge is -2.37. The van der Waals surface area contributed by atoms with E-state index in [-0.39, 0.29) is 0 Å². The van der Waals surface area contributed by atoms with E-state index in [4.69, 9.17) is 9.47 Å². The Kier molecular flexibility index (Phi) is 6.49. The van der Waals surface area contributed by atoms with Gasteiger partial charge in [0.2, 0.25) is 0 Å². The highest BCUT2D eigenvalue weighted by Gasteiger charge is 2.24. The van der Waals surface area contributed by atoms with Crippen LogP contribution in [-0.4, -0.2) is 50.9 Å². The molecule has 0 aliphatic carbocycles. The number of hydrogen-bond acceptors (Lipinski definition) is 4. The molecule has 118 valence electrons. The fraction of sp³-hybridized carbons (Fsp3) is 0.647. The summed E-state index contributed by atoms with van der Waals surface area (Å²) in [5, 5.41) is 3.44. The predicted molar refractivity (Wildman–Crippen MR) is 85.9 cm³/mol. The normalized spacial score (nSPS) is 21.2. The van der Waals surface area contributed by atoms with Gasteiger partial charge in [0.05, 0.1) is 19.8 Å². The summed E-state index contributed by atoms with van der Waals surface area (Å²) < 4.78 is 11.1. The van der Waals surface area contributed by atoms with Gasteiger partial charge >= 0.3 is 0 Å². The van der Waals surface area contributed by atoms with Gasteiger partial charge in [0.15, 0.2) is 0 Å². The second-order valence-electron chi connectivity index (χ2n) is 5.48. The van der Waals surface area contributed by atoms with E-state index in [1.807, 2.05) is 14.0 Å². The molecule has 1 N–H and O–H groups in total. The molecule has 21 heavy (non-hydrogen) atoms. The molecule has 0 aromatic heterocycles. The zero-order valence-electron chi connectivity index (χ0n) is 13.5. The molecule has 0 spiro atoms. The van der Waals surface area contributed by atoms with E-state index in [1.165, 1.54) is 5.56 Å². The Bertz CT molecular complexity index is 408. The Morgan fingerprint density at radius 1 is 1.33 bits per heavy atom. The summed E-state index contributed by atoms with van der Waals surface area (Å²) in [4.78, 5) is 2.54. The Morgan fingerprint density at radius 3 is 2.71 bits per heavy atom. The van der Waals surface area contributed by atoms with Crippen LogP contribution >= 0.6 is 0 Å². The van der Waals surface area contributed by atoms with Crippen molar-refractivity contribution in [2.45, 2.75) is 32.4 Å². The number of ether oxygens (including phenoxy) is 2. The molecule has 2 atom stereocenters. The summed E-state index contributed by atoms with van der Waals surface area (Å²) in [6.45, 7) is 8.69. The number of nitrogens with zero attached hydrogens (tertiary/aromatic N) is 1. The second kappa shape index (κ2) is 8.37. The fourth-order valence-corrected chi connectivity index (χ4v) is 2.87. The van der Waals surface area contributed by atoms with Crippen molar-refractivity contribution in [3.05, 3.63) is 29.8 Å². The first-order chi connectivity index (χ1) is 10.3. The van der Waals surface area contributed by atoms with Crippen molar-refractivity contribution in [1.82, 2.24) is 10.2 Å². The van der Waals surface area contributed by atoms with E-state index in [1.54, 1.807) is 0 Å². The molecule has 2 rings (SSSR count). The lowest BCUT2D eigenvalue weighted by molar-refractivity contribution is -0.0124. The monoisotopic (exact) mass is 292 g/mol. The van der Waals surface area contributed by atoms with Crippen LogP contribution in [0.1, 0.15) is 31.9 Å². The molecule has 1 aromatic carbocycles. The van der Waals surface area contributed by atoms with Crippen LogP contribution < -0.4 is 10.1 Å². The molecular formula is C17H28N2O2. The van der Waals surface area contributed by atoms with Gasteiger partial charge in [-0.2, -0.15) is 0 Å². The quantitative estimate of drug-likeness (QED) is 0.837. The average molecular weight is 292 g/mol. The van der Waals surface area contributed by atoms with Gasteiger partial charge in [-0.05, 0) is 38.1 Å². The van der Waals surface area contributed by atoms with E-state index >= 15 is 0 Å². The highest BCUT2D eigenvalue weighted by molar-refractivity contribution is 5.29. The van der Waals surface area contributed by atoms with Gasteiger partial charge in [-0.1, -0.05) is 19.1 Å². The zero-order chi connectivity index (χ0) is 15.1. The number of hydrogen-bond donors (Lipinski definition) is 1. The summed E-state index contributed by atoms with van der Waals surface area (Å²) in [7, 11) is 2.03. The summed E-state index contributed by atoms with van der Waals surface area (Å²) >= 11 is 0. The first kappa shape index (κ1) is 16.3. The van der Waals surface area contributed by atoms with Crippen LogP contribution in [0, 0.1) is 0 Å². The predicted octanol–water partition coefficient (Wildman–Crippen LogP) is 2.46. The number of morpholine rings is 1. The third kappa shape index (κ3) is 4.43. The fourth-order valence-electron chi connectivity index (χ4n) is 2.87. The molecule has 2 unspecified atom stereocenters. The number of likely N-dealkylation sites (N-methyl/N-ethyl adjacent to an activating group) is 1. The van der Waals surface area contributed by atoms with Gasteiger partial charge in [-0.25, -0.2) is 0 Å². The number of benzene rings is 1. The average Bonchev–Trinajstić information content (AvgIpc) is 2.54. The topological polar surface area (TPSA) is 33.7 Å². The van der Waals surface area contributed by atoms with Gasteiger partial charge in [0.1, 0.15) is 5.75 Å². The molecule has 1 heterocycles. The minimum atomic E-state index is 0.341. The minimum absolute atomic E-state index is 0.341. The van der Waals surface area contributed by atoms with E-state index in [0.29, 0.717) is 18.7 Å². The smallest absolute Gasteiger partial charge is 0.119 e. The highest BCUT2D eigenvalue weighted by atomic mass is 16.5. The van der Waals surface area contributed by atoms with Crippen LogP contribution in [0.15, 0.2) is 24.3 Å². The minimum Gasteiger partial charge on any atom is -0.494 e. The molecule has 0 amide bonds. The van der Waals surface area contributed by atoms with Crippen LogP contribution in [0.2, 0.25) is 0 Å². The maximum atomic E-state index is 5.59. The molecule has 1 saturated heterocycles. The van der Waals surface area contributed by atoms with E-state index in [2.05, 4.69) is 41.4 Å². The molecule has 1 fully saturated rings. The van der Waals surface area contributed by atoms with Crippen molar-refractivity contribution < 1.29 is 9.47 Å². The van der Waals surface area contributed by atoms with Crippen molar-refractivity contribution in [3.8, 4) is 5.75 Å². The van der Waals surface area contributed by atoms with Gasteiger partial charge in [0.25, 0.3) is 0 Å². The molecule has 1 aromatic rings. The molecule has 4 nitrogen and oxygen atoms in total. The molecule has 0 saturated carbocycles. The van der Waals surface area contributed by atoms with Crippen molar-refractivity contribution in [1.29, 1.82) is 0 Å². The Labute approximate surface area is 128 Å². The molecular weight excluding hydrogens is 264 g/mol. The van der Waals surface area contributed by atoms with Gasteiger partial charge in [0, 0.05) is 25.2 Å². The maximum Gasteiger partial charge on any atom is 0.119 e. The number of nitrogens with one attached hydrogen (secondary N) is 1. The van der Waals surface area contributed by atoms with E-state index < -0.39 is 0 Å². The standard InChI is InChI=1S/C17H28N2O2/c1-4-15-13-20-11-10-19(15)12-17(18-3)14-6-8-16(9-7-14)21-5-2/h6-9,15,17-18H,4-5,10-13H2,1-3H3. The Morgan fingerprint density at radius 2 is 2.10 bits per heavy atom. The zero-order valence-corrected chi connectivity index (χ0v) is 13.5. The van der Waals surface area contributed by atoms with Crippen molar-refractivity contribution in [2.24, 2.45) is 0 Å². The first-order valence-electron chi connectivity index (χ1n) is 8.00. The molecule has 1 aliphatic rings.